The van der Waals surface area contributed by atoms with Gasteiger partial charge in [0, 0.05) is 45.6 Å². The number of imide groups is 1. The highest BCUT2D eigenvalue weighted by atomic mass is 35.5. The molecular formula is C29H25Cl2N3O5S. The maximum Gasteiger partial charge on any atom is 0.294 e. The number of morpholine rings is 1. The fourth-order valence-corrected chi connectivity index (χ4v) is 5.52. The van der Waals surface area contributed by atoms with Crippen LogP contribution < -0.4 is 15.0 Å². The molecule has 0 aromatic heterocycles. The first-order chi connectivity index (χ1) is 19.4. The number of carbonyl (C=O) groups is 3. The summed E-state index contributed by atoms with van der Waals surface area (Å²) in [4.78, 5) is 41.7. The topological polar surface area (TPSA) is 88.2 Å². The lowest BCUT2D eigenvalue weighted by molar-refractivity contribution is -0.127. The van der Waals surface area contributed by atoms with Crippen molar-refractivity contribution in [1.82, 2.24) is 4.90 Å². The number of rotatable bonds is 8. The Kier molecular flexibility index (Phi) is 8.96. The number of hydrogen-bond acceptors (Lipinski definition) is 7. The molecule has 2 fully saturated rings. The Morgan fingerprint density at radius 1 is 1.02 bits per heavy atom. The third kappa shape index (κ3) is 6.79. The average molecular weight is 599 g/mol. The van der Waals surface area contributed by atoms with Crippen molar-refractivity contribution in [3.05, 3.63) is 92.8 Å². The second-order valence-electron chi connectivity index (χ2n) is 9.02. The van der Waals surface area contributed by atoms with E-state index in [2.05, 4.69) is 10.2 Å². The van der Waals surface area contributed by atoms with E-state index in [1.54, 1.807) is 60.7 Å². The maximum atomic E-state index is 13.0. The van der Waals surface area contributed by atoms with E-state index >= 15 is 0 Å². The van der Waals surface area contributed by atoms with Gasteiger partial charge in [-0.3, -0.25) is 19.3 Å². The fourth-order valence-electron chi connectivity index (χ4n) is 4.22. The van der Waals surface area contributed by atoms with Gasteiger partial charge in [-0.1, -0.05) is 47.5 Å². The van der Waals surface area contributed by atoms with Crippen LogP contribution in [0.2, 0.25) is 10.0 Å². The normalized spacial score (nSPS) is 16.5. The van der Waals surface area contributed by atoms with E-state index in [0.717, 1.165) is 41.0 Å². The summed E-state index contributed by atoms with van der Waals surface area (Å²) in [5.74, 6) is -0.492. The highest BCUT2D eigenvalue weighted by Crippen LogP contribution is 2.34. The molecule has 40 heavy (non-hydrogen) atoms. The van der Waals surface area contributed by atoms with Gasteiger partial charge < -0.3 is 19.7 Å². The number of amides is 3. The fraction of sp³-hybridized carbons (Fsp3) is 0.207. The standard InChI is InChI=1S/C29H25Cl2N3O5S/c30-21-6-5-20(24(31)16-21)18-39-25-4-2-1-3-19(25)15-26-28(36)34(29(37)40-26)17-27(35)32-22-7-9-23(10-8-22)33-11-13-38-14-12-33/h1-10,15-16H,11-14,17-18H2,(H,32,35)/b26-15+. The number of anilines is 2. The lowest BCUT2D eigenvalue weighted by Crippen LogP contribution is -2.36. The summed E-state index contributed by atoms with van der Waals surface area (Å²) < 4.78 is 11.3. The predicted octanol–water partition coefficient (Wildman–Crippen LogP) is 6.08. The van der Waals surface area contributed by atoms with Gasteiger partial charge >= 0.3 is 0 Å². The second-order valence-corrected chi connectivity index (χ2v) is 10.9. The van der Waals surface area contributed by atoms with Gasteiger partial charge in [0.15, 0.2) is 0 Å². The molecule has 206 valence electrons. The summed E-state index contributed by atoms with van der Waals surface area (Å²) in [5, 5.41) is 3.26. The summed E-state index contributed by atoms with van der Waals surface area (Å²) in [5.41, 5.74) is 2.99. The molecule has 3 aromatic rings. The van der Waals surface area contributed by atoms with Crippen LogP contribution in [0.5, 0.6) is 5.75 Å². The number of thioether (sulfide) groups is 1. The summed E-state index contributed by atoms with van der Waals surface area (Å²) in [6.45, 7) is 2.79. The molecule has 0 spiro atoms. The van der Waals surface area contributed by atoms with Gasteiger partial charge in [0.05, 0.1) is 18.1 Å². The van der Waals surface area contributed by atoms with Crippen LogP contribution in [-0.4, -0.2) is 54.8 Å². The largest absolute Gasteiger partial charge is 0.488 e. The van der Waals surface area contributed by atoms with Crippen molar-refractivity contribution in [3.8, 4) is 5.75 Å². The minimum Gasteiger partial charge on any atom is -0.488 e. The number of halogens is 2. The van der Waals surface area contributed by atoms with Crippen LogP contribution >= 0.6 is 35.0 Å². The summed E-state index contributed by atoms with van der Waals surface area (Å²) in [6.07, 6.45) is 1.59. The molecular weight excluding hydrogens is 573 g/mol. The zero-order valence-electron chi connectivity index (χ0n) is 21.3. The first-order valence-electron chi connectivity index (χ1n) is 12.5. The number of nitrogens with zero attached hydrogens (tertiary/aromatic N) is 2. The van der Waals surface area contributed by atoms with E-state index in [4.69, 9.17) is 32.7 Å². The molecule has 11 heteroatoms. The number of carbonyl (C=O) groups excluding carboxylic acids is 3. The Morgan fingerprint density at radius 3 is 2.52 bits per heavy atom. The number of ether oxygens (including phenoxy) is 2. The maximum absolute atomic E-state index is 13.0. The van der Waals surface area contributed by atoms with Crippen LogP contribution in [0.1, 0.15) is 11.1 Å². The van der Waals surface area contributed by atoms with Crippen molar-refractivity contribution in [2.24, 2.45) is 0 Å². The van der Waals surface area contributed by atoms with Gasteiger partial charge in [-0.15, -0.1) is 0 Å². The van der Waals surface area contributed by atoms with Crippen LogP contribution in [0.3, 0.4) is 0 Å². The lowest BCUT2D eigenvalue weighted by Gasteiger charge is -2.28. The number of nitrogens with one attached hydrogen (secondary N) is 1. The highest BCUT2D eigenvalue weighted by Gasteiger charge is 2.36. The number of benzene rings is 3. The van der Waals surface area contributed by atoms with Crippen LogP contribution in [0.4, 0.5) is 16.2 Å². The molecule has 8 nitrogen and oxygen atoms in total. The zero-order valence-corrected chi connectivity index (χ0v) is 23.6. The Hall–Kier alpha value is -3.50. The van der Waals surface area contributed by atoms with Crippen molar-refractivity contribution in [3.63, 3.8) is 0 Å². The molecule has 3 amide bonds. The molecule has 0 bridgehead atoms. The van der Waals surface area contributed by atoms with E-state index < -0.39 is 17.1 Å². The van der Waals surface area contributed by atoms with Crippen molar-refractivity contribution >= 4 is 69.5 Å². The summed E-state index contributed by atoms with van der Waals surface area (Å²) >= 11 is 13.0. The Balaban J connectivity index is 1.21. The molecule has 2 saturated heterocycles. The minimum atomic E-state index is -0.539. The molecule has 0 radical (unpaired) electrons. The van der Waals surface area contributed by atoms with E-state index in [-0.39, 0.29) is 18.1 Å². The highest BCUT2D eigenvalue weighted by molar-refractivity contribution is 8.18. The smallest absolute Gasteiger partial charge is 0.294 e. The molecule has 3 aromatic carbocycles. The Bertz CT molecular complexity index is 1460. The van der Waals surface area contributed by atoms with E-state index in [9.17, 15) is 14.4 Å². The van der Waals surface area contributed by atoms with Gasteiger partial charge in [-0.05, 0) is 60.3 Å². The second kappa shape index (κ2) is 12.8. The minimum absolute atomic E-state index is 0.190. The van der Waals surface area contributed by atoms with Crippen LogP contribution in [-0.2, 0) is 20.9 Å². The quantitative estimate of drug-likeness (QED) is 0.315. The van der Waals surface area contributed by atoms with E-state index in [0.29, 0.717) is 40.3 Å². The third-order valence-electron chi connectivity index (χ3n) is 6.31. The molecule has 1 N–H and O–H groups in total. The summed E-state index contributed by atoms with van der Waals surface area (Å²) in [6, 6.07) is 19.7. The molecule has 0 atom stereocenters. The van der Waals surface area contributed by atoms with Gasteiger partial charge in [0.25, 0.3) is 11.1 Å². The van der Waals surface area contributed by atoms with E-state index in [1.165, 1.54) is 0 Å². The summed E-state index contributed by atoms with van der Waals surface area (Å²) in [7, 11) is 0. The Morgan fingerprint density at radius 2 is 1.77 bits per heavy atom. The number of hydrogen-bond donors (Lipinski definition) is 1. The average Bonchev–Trinajstić information content (AvgIpc) is 3.21. The van der Waals surface area contributed by atoms with Crippen molar-refractivity contribution in [2.45, 2.75) is 6.61 Å². The monoisotopic (exact) mass is 597 g/mol. The molecule has 0 unspecified atom stereocenters. The molecule has 0 saturated carbocycles. The van der Waals surface area contributed by atoms with Crippen LogP contribution in [0, 0.1) is 0 Å². The molecule has 2 heterocycles. The first-order valence-corrected chi connectivity index (χ1v) is 14.1. The third-order valence-corrected chi connectivity index (χ3v) is 7.80. The predicted molar refractivity (Wildman–Crippen MR) is 158 cm³/mol. The SMILES string of the molecule is O=C(CN1C(=O)S/C(=C/c2ccccc2OCc2ccc(Cl)cc2Cl)C1=O)Nc1ccc(N2CCOCC2)cc1. The number of para-hydroxylation sites is 1. The molecule has 5 rings (SSSR count). The molecule has 0 aliphatic carbocycles. The first kappa shape index (κ1) is 28.0. The molecule has 2 aliphatic rings. The van der Waals surface area contributed by atoms with Crippen molar-refractivity contribution in [2.75, 3.05) is 43.1 Å². The molecule has 2 aliphatic heterocycles. The van der Waals surface area contributed by atoms with Gasteiger partial charge in [-0.2, -0.15) is 0 Å². The van der Waals surface area contributed by atoms with Gasteiger partial charge in [-0.25, -0.2) is 0 Å². The van der Waals surface area contributed by atoms with E-state index in [1.807, 2.05) is 12.1 Å². The van der Waals surface area contributed by atoms with Crippen LogP contribution in [0.25, 0.3) is 6.08 Å². The van der Waals surface area contributed by atoms with Crippen molar-refractivity contribution < 1.29 is 23.9 Å². The van der Waals surface area contributed by atoms with Gasteiger partial charge in [0.1, 0.15) is 18.9 Å². The zero-order chi connectivity index (χ0) is 28.1. The van der Waals surface area contributed by atoms with Crippen molar-refractivity contribution in [1.29, 1.82) is 0 Å². The van der Waals surface area contributed by atoms with Gasteiger partial charge in [0.2, 0.25) is 5.91 Å². The Labute approximate surface area is 245 Å². The van der Waals surface area contributed by atoms with Crippen LogP contribution in [0.15, 0.2) is 71.6 Å². The lowest BCUT2D eigenvalue weighted by atomic mass is 10.1.